The number of aromatic nitrogens is 3. The van der Waals surface area contributed by atoms with Crippen LogP contribution >= 0.6 is 23.4 Å². The van der Waals surface area contributed by atoms with E-state index in [1.807, 2.05) is 42.7 Å². The van der Waals surface area contributed by atoms with Crippen LogP contribution in [0.1, 0.15) is 18.1 Å². The molecule has 0 aliphatic rings. The summed E-state index contributed by atoms with van der Waals surface area (Å²) in [6.45, 7) is 4.53. The second kappa shape index (κ2) is 9.09. The molecular weight excluding hydrogens is 437 g/mol. The van der Waals surface area contributed by atoms with Crippen LogP contribution in [0.5, 0.6) is 0 Å². The fraction of sp³-hybridized carbons (Fsp3) is 0.250. The minimum Gasteiger partial charge on any atom is -0.325 e. The fourth-order valence-corrected chi connectivity index (χ4v) is 3.88. The van der Waals surface area contributed by atoms with Gasteiger partial charge in [-0.05, 0) is 37.6 Å². The molecule has 0 unspecified atom stereocenters. The Hall–Kier alpha value is -2.52. The van der Waals surface area contributed by atoms with Crippen molar-refractivity contribution in [3.8, 4) is 11.4 Å². The van der Waals surface area contributed by atoms with Crippen molar-refractivity contribution in [3.05, 3.63) is 58.6 Å². The van der Waals surface area contributed by atoms with Crippen molar-refractivity contribution in [2.24, 2.45) is 0 Å². The topological polar surface area (TPSA) is 59.8 Å². The normalized spacial score (nSPS) is 11.5. The molecule has 0 atom stereocenters. The van der Waals surface area contributed by atoms with E-state index < -0.39 is 22.7 Å². The molecule has 0 radical (unpaired) electrons. The Labute approximate surface area is 180 Å². The van der Waals surface area contributed by atoms with Gasteiger partial charge in [0.15, 0.2) is 11.0 Å². The average Bonchev–Trinajstić information content (AvgIpc) is 3.10. The van der Waals surface area contributed by atoms with E-state index in [1.54, 1.807) is 0 Å². The van der Waals surface area contributed by atoms with Crippen molar-refractivity contribution < 1.29 is 18.0 Å². The highest BCUT2D eigenvalue weighted by Crippen LogP contribution is 2.36. The number of alkyl halides is 3. The van der Waals surface area contributed by atoms with Crippen LogP contribution < -0.4 is 5.32 Å². The van der Waals surface area contributed by atoms with Crippen LogP contribution in [0.15, 0.2) is 47.6 Å². The maximum absolute atomic E-state index is 13.0. The average molecular weight is 455 g/mol. The molecular formula is C20H18ClF3N4OS. The summed E-state index contributed by atoms with van der Waals surface area (Å²) < 4.78 is 40.8. The second-order valence-corrected chi connectivity index (χ2v) is 7.74. The number of carbonyl (C=O) groups excluding carboxylic acids is 1. The van der Waals surface area contributed by atoms with Gasteiger partial charge in [0.25, 0.3) is 0 Å². The highest BCUT2D eigenvalue weighted by molar-refractivity contribution is 7.99. The van der Waals surface area contributed by atoms with Crippen LogP contribution in [0.4, 0.5) is 18.9 Å². The van der Waals surface area contributed by atoms with Gasteiger partial charge in [-0.25, -0.2) is 0 Å². The van der Waals surface area contributed by atoms with Crippen LogP contribution in [0.25, 0.3) is 11.4 Å². The molecule has 3 aromatic rings. The smallest absolute Gasteiger partial charge is 0.325 e. The summed E-state index contributed by atoms with van der Waals surface area (Å²) in [4.78, 5) is 12.3. The molecule has 0 saturated heterocycles. The maximum atomic E-state index is 13.0. The summed E-state index contributed by atoms with van der Waals surface area (Å²) in [5, 5.41) is 11.0. The first-order valence-electron chi connectivity index (χ1n) is 8.99. The Morgan fingerprint density at radius 1 is 1.20 bits per heavy atom. The van der Waals surface area contributed by atoms with E-state index in [4.69, 9.17) is 11.6 Å². The van der Waals surface area contributed by atoms with Crippen molar-refractivity contribution >= 4 is 35.0 Å². The summed E-state index contributed by atoms with van der Waals surface area (Å²) in [5.41, 5.74) is 1.03. The third kappa shape index (κ3) is 4.96. The highest BCUT2D eigenvalue weighted by atomic mass is 35.5. The zero-order valence-corrected chi connectivity index (χ0v) is 17.7. The molecule has 158 valence electrons. The largest absolute Gasteiger partial charge is 0.417 e. The quantitative estimate of drug-likeness (QED) is 0.487. The van der Waals surface area contributed by atoms with Gasteiger partial charge in [0.05, 0.1) is 16.3 Å². The summed E-state index contributed by atoms with van der Waals surface area (Å²) >= 11 is 6.76. The van der Waals surface area contributed by atoms with Crippen molar-refractivity contribution in [3.63, 3.8) is 0 Å². The number of rotatable bonds is 6. The van der Waals surface area contributed by atoms with E-state index >= 15 is 0 Å². The van der Waals surface area contributed by atoms with Gasteiger partial charge in [0, 0.05) is 17.8 Å². The molecule has 3 rings (SSSR count). The van der Waals surface area contributed by atoms with Crippen LogP contribution in [0.2, 0.25) is 5.02 Å². The zero-order chi connectivity index (χ0) is 21.9. The van der Waals surface area contributed by atoms with Crippen LogP contribution in [0, 0.1) is 6.92 Å². The number of amides is 1. The Bertz CT molecular complexity index is 1070. The van der Waals surface area contributed by atoms with Gasteiger partial charge < -0.3 is 9.88 Å². The molecule has 1 amide bonds. The molecule has 30 heavy (non-hydrogen) atoms. The minimum absolute atomic E-state index is 0.0230. The first-order valence-corrected chi connectivity index (χ1v) is 10.4. The molecule has 0 spiro atoms. The molecule has 0 bridgehead atoms. The van der Waals surface area contributed by atoms with Crippen molar-refractivity contribution in [1.82, 2.24) is 14.8 Å². The Balaban J connectivity index is 1.71. The maximum Gasteiger partial charge on any atom is 0.417 e. The molecule has 0 fully saturated rings. The van der Waals surface area contributed by atoms with Gasteiger partial charge in [-0.2, -0.15) is 13.2 Å². The number of hydrogen-bond acceptors (Lipinski definition) is 4. The molecule has 2 aromatic carbocycles. The van der Waals surface area contributed by atoms with Gasteiger partial charge in [-0.1, -0.05) is 47.6 Å². The number of benzene rings is 2. The van der Waals surface area contributed by atoms with E-state index in [2.05, 4.69) is 15.5 Å². The number of carbonyl (C=O) groups is 1. The Kier molecular flexibility index (Phi) is 6.72. The highest BCUT2D eigenvalue weighted by Gasteiger charge is 2.33. The lowest BCUT2D eigenvalue weighted by Gasteiger charge is -2.12. The van der Waals surface area contributed by atoms with Crippen molar-refractivity contribution in [1.29, 1.82) is 0 Å². The summed E-state index contributed by atoms with van der Waals surface area (Å²) in [5.74, 6) is 0.208. The molecule has 1 aromatic heterocycles. The zero-order valence-electron chi connectivity index (χ0n) is 16.1. The lowest BCUT2D eigenvalue weighted by Crippen LogP contribution is -2.15. The number of thioether (sulfide) groups is 1. The molecule has 0 aliphatic carbocycles. The Morgan fingerprint density at radius 2 is 1.93 bits per heavy atom. The SMILES string of the molecule is CCn1c(SCC(=O)Nc2ccc(Cl)c(C(F)(F)F)c2)nnc1-c1ccccc1C. The fourth-order valence-electron chi connectivity index (χ4n) is 2.85. The van der Waals surface area contributed by atoms with Crippen molar-refractivity contribution in [2.45, 2.75) is 31.7 Å². The van der Waals surface area contributed by atoms with Gasteiger partial charge in [0.2, 0.25) is 5.91 Å². The van der Waals surface area contributed by atoms with E-state index in [0.29, 0.717) is 17.5 Å². The van der Waals surface area contributed by atoms with E-state index in [-0.39, 0.29) is 11.4 Å². The monoisotopic (exact) mass is 454 g/mol. The van der Waals surface area contributed by atoms with Gasteiger partial charge in [0.1, 0.15) is 0 Å². The first kappa shape index (κ1) is 22.2. The molecule has 0 aliphatic heterocycles. The van der Waals surface area contributed by atoms with Crippen LogP contribution in [-0.2, 0) is 17.5 Å². The number of aryl methyl sites for hydroxylation is 1. The number of nitrogens with zero attached hydrogens (tertiary/aromatic N) is 3. The van der Waals surface area contributed by atoms with E-state index in [9.17, 15) is 18.0 Å². The van der Waals surface area contributed by atoms with Crippen LogP contribution in [-0.4, -0.2) is 26.4 Å². The third-order valence-corrected chi connectivity index (χ3v) is 5.60. The molecule has 1 heterocycles. The molecule has 5 nitrogen and oxygen atoms in total. The lowest BCUT2D eigenvalue weighted by molar-refractivity contribution is -0.137. The predicted molar refractivity (Wildman–Crippen MR) is 112 cm³/mol. The molecule has 0 saturated carbocycles. The Morgan fingerprint density at radius 3 is 2.60 bits per heavy atom. The number of anilines is 1. The van der Waals surface area contributed by atoms with E-state index in [0.717, 1.165) is 35.0 Å². The molecule has 10 heteroatoms. The van der Waals surface area contributed by atoms with Gasteiger partial charge in [-0.3, -0.25) is 4.79 Å². The first-order chi connectivity index (χ1) is 14.2. The minimum atomic E-state index is -4.60. The number of halogens is 4. The summed E-state index contributed by atoms with van der Waals surface area (Å²) in [6, 6.07) is 11.0. The third-order valence-electron chi connectivity index (χ3n) is 4.31. The summed E-state index contributed by atoms with van der Waals surface area (Å²) in [6.07, 6.45) is -4.60. The number of hydrogen-bond donors (Lipinski definition) is 1. The van der Waals surface area contributed by atoms with Gasteiger partial charge in [-0.15, -0.1) is 10.2 Å². The predicted octanol–water partition coefficient (Wildman–Crippen LogP) is 5.68. The van der Waals surface area contributed by atoms with Gasteiger partial charge >= 0.3 is 6.18 Å². The van der Waals surface area contributed by atoms with Crippen LogP contribution in [0.3, 0.4) is 0 Å². The van der Waals surface area contributed by atoms with E-state index in [1.165, 1.54) is 6.07 Å². The second-order valence-electron chi connectivity index (χ2n) is 6.39. The lowest BCUT2D eigenvalue weighted by atomic mass is 10.1. The summed E-state index contributed by atoms with van der Waals surface area (Å²) in [7, 11) is 0. The molecule has 1 N–H and O–H groups in total. The number of nitrogens with one attached hydrogen (secondary N) is 1. The standard InChI is InChI=1S/C20H18ClF3N4OS/c1-3-28-18(14-7-5-4-6-12(14)2)26-27-19(28)30-11-17(29)25-13-8-9-16(21)15(10-13)20(22,23)24/h4-10H,3,11H2,1-2H3,(H,25,29). The van der Waals surface area contributed by atoms with Crippen molar-refractivity contribution in [2.75, 3.05) is 11.1 Å².